The van der Waals surface area contributed by atoms with Gasteiger partial charge in [0.15, 0.2) is 0 Å². The van der Waals surface area contributed by atoms with Crippen LogP contribution in [0.15, 0.2) is 97.1 Å². The first-order valence-electron chi connectivity index (χ1n) is 14.1. The van der Waals surface area contributed by atoms with Crippen molar-refractivity contribution in [1.29, 1.82) is 5.41 Å². The summed E-state index contributed by atoms with van der Waals surface area (Å²) in [7, 11) is 0. The Kier molecular flexibility index (Phi) is 32.9. The zero-order valence-corrected chi connectivity index (χ0v) is 57.1. The average molecular weight is 2290 g/mol. The second-order valence-electron chi connectivity index (χ2n) is 10.1. The molecular formula is C33H31ClF3N5O2U7. The fraction of sp³-hybridized carbons (Fsp3) is 0.212. The molecule has 51 heavy (non-hydrogen) atoms. The average Bonchev–Trinajstić information content (AvgIpc) is 3.67. The first-order valence-corrected chi connectivity index (χ1v) is 14.4. The molecule has 5 aromatic rings. The molecule has 18 heteroatoms. The smallest absolute Gasteiger partial charge is 0.492 e. The van der Waals surface area contributed by atoms with E-state index < -0.39 is 6.36 Å². The third-order valence-corrected chi connectivity index (χ3v) is 7.25. The number of alkyl halides is 3. The SMILES string of the molecule is N=C(c1ccccc1)c1ccccc1.Nc1cc(Cl)c2nc(N3CCCC3)n(CCOc3ccc(OC(F)(F)F)cc3)c2c1.[U].[U].[U].[U].[U].[U].[U]. The second-order valence-corrected chi connectivity index (χ2v) is 10.5. The quantitative estimate of drug-likeness (QED) is 0.122. The van der Waals surface area contributed by atoms with Crippen LogP contribution < -0.4 is 20.1 Å². The van der Waals surface area contributed by atoms with Crippen molar-refractivity contribution in [2.24, 2.45) is 0 Å². The Balaban J connectivity index is -0.000000949. The van der Waals surface area contributed by atoms with Crippen LogP contribution in [0.1, 0.15) is 24.0 Å². The summed E-state index contributed by atoms with van der Waals surface area (Å²) in [6.07, 6.45) is -2.52. The molecule has 2 heterocycles. The zero-order valence-electron chi connectivity index (χ0n) is 27.2. The number of rotatable bonds is 8. The van der Waals surface area contributed by atoms with Gasteiger partial charge < -0.3 is 24.7 Å². The number of aromatic nitrogens is 2. The monoisotopic (exact) mass is 2290 g/mol. The Hall–Kier alpha value is 2.66. The summed E-state index contributed by atoms with van der Waals surface area (Å²) < 4.78 is 48.4. The molecule has 0 atom stereocenters. The van der Waals surface area contributed by atoms with Crippen LogP contribution in [-0.4, -0.2) is 41.3 Å². The van der Waals surface area contributed by atoms with Crippen molar-refractivity contribution in [3.8, 4) is 11.5 Å². The van der Waals surface area contributed by atoms with Gasteiger partial charge in [-0.3, -0.25) is 5.41 Å². The van der Waals surface area contributed by atoms with E-state index in [4.69, 9.17) is 32.5 Å². The number of benzene rings is 4. The molecule has 0 unspecified atom stereocenters. The molecule has 0 radical (unpaired) electrons. The van der Waals surface area contributed by atoms with Crippen LogP contribution in [0, 0.1) is 223 Å². The minimum atomic E-state index is -4.72. The van der Waals surface area contributed by atoms with Gasteiger partial charge in [-0.1, -0.05) is 72.3 Å². The van der Waals surface area contributed by atoms with Crippen LogP contribution >= 0.6 is 11.6 Å². The molecule has 1 aliphatic heterocycles. The topological polar surface area (TPSA) is 89.4 Å². The van der Waals surface area contributed by atoms with E-state index >= 15 is 0 Å². The summed E-state index contributed by atoms with van der Waals surface area (Å²) in [5.41, 5.74) is 10.5. The Morgan fingerprint density at radius 1 is 0.765 bits per heavy atom. The summed E-state index contributed by atoms with van der Waals surface area (Å²) in [4.78, 5) is 6.93. The number of imidazole rings is 1. The summed E-state index contributed by atoms with van der Waals surface area (Å²) in [6.45, 7) is 2.59. The number of nitrogen functional groups attached to an aromatic ring is 1. The molecule has 1 saturated heterocycles. The summed E-state index contributed by atoms with van der Waals surface area (Å²) in [6, 6.07) is 28.3. The van der Waals surface area contributed by atoms with Gasteiger partial charge in [-0.2, -0.15) is 0 Å². The second kappa shape index (κ2) is 29.0. The molecule has 256 valence electrons. The molecule has 3 N–H and O–H groups in total. The molecule has 6 rings (SSSR count). The van der Waals surface area contributed by atoms with Gasteiger partial charge in [-0.25, -0.2) is 4.98 Å². The van der Waals surface area contributed by atoms with Gasteiger partial charge >= 0.3 is 6.36 Å². The first-order chi connectivity index (χ1) is 21.2. The van der Waals surface area contributed by atoms with Crippen molar-refractivity contribution in [3.05, 3.63) is 113 Å². The van der Waals surface area contributed by atoms with Crippen molar-refractivity contribution >= 4 is 40.0 Å². The molecule has 1 fully saturated rings. The minimum Gasteiger partial charge on any atom is -0.492 e. The molecule has 0 bridgehead atoms. The number of halogens is 4. The molecule has 0 aliphatic carbocycles. The number of nitrogens with one attached hydrogen (secondary N) is 1. The van der Waals surface area contributed by atoms with E-state index in [2.05, 4.69) is 9.64 Å². The van der Waals surface area contributed by atoms with Gasteiger partial charge in [0.05, 0.1) is 22.8 Å². The van der Waals surface area contributed by atoms with Gasteiger partial charge in [-0.05, 0) is 60.4 Å². The number of nitrogens with zero attached hydrogens (tertiary/aromatic N) is 3. The first kappa shape index (κ1) is 58.0. The minimum absolute atomic E-state index is 0. The normalized spacial score (nSPS) is 11.2. The Labute approximate surface area is 467 Å². The predicted molar refractivity (Wildman–Crippen MR) is 168 cm³/mol. The molecule has 7 nitrogen and oxygen atoms in total. The molecule has 0 amide bonds. The molecule has 1 aliphatic rings. The maximum atomic E-state index is 12.3. The number of hydrogen-bond acceptors (Lipinski definition) is 6. The summed E-state index contributed by atoms with van der Waals surface area (Å²) in [5, 5.41) is 8.46. The van der Waals surface area contributed by atoms with Gasteiger partial charge in [0.25, 0.3) is 0 Å². The molecule has 0 spiro atoms. The van der Waals surface area contributed by atoms with Crippen LogP contribution in [0.3, 0.4) is 0 Å². The predicted octanol–water partition coefficient (Wildman–Crippen LogP) is 7.95. The van der Waals surface area contributed by atoms with Gasteiger partial charge in [0, 0.05) is 237 Å². The van der Waals surface area contributed by atoms with Crippen molar-refractivity contribution in [2.75, 3.05) is 30.3 Å². The van der Waals surface area contributed by atoms with Crippen molar-refractivity contribution in [2.45, 2.75) is 25.7 Å². The Morgan fingerprint density at radius 3 is 1.75 bits per heavy atom. The van der Waals surface area contributed by atoms with E-state index in [1.54, 1.807) is 6.07 Å². The number of ether oxygens (including phenoxy) is 2. The van der Waals surface area contributed by atoms with Crippen molar-refractivity contribution < 1.29 is 240 Å². The third-order valence-electron chi connectivity index (χ3n) is 6.96. The van der Waals surface area contributed by atoms with E-state index in [-0.39, 0.29) is 230 Å². The maximum absolute atomic E-state index is 12.3. The number of nitrogens with two attached hydrogens (primary N) is 1. The number of anilines is 2. The zero-order chi connectivity index (χ0) is 31.1. The summed E-state index contributed by atoms with van der Waals surface area (Å²) >= 11 is 6.35. The Morgan fingerprint density at radius 2 is 1.25 bits per heavy atom. The number of fused-ring (bicyclic) bond motifs is 1. The fourth-order valence-corrected chi connectivity index (χ4v) is 5.20. The van der Waals surface area contributed by atoms with Gasteiger partial charge in [0.2, 0.25) is 5.95 Å². The maximum Gasteiger partial charge on any atom is 0.573 e. The van der Waals surface area contributed by atoms with E-state index in [0.717, 1.165) is 48.5 Å². The van der Waals surface area contributed by atoms with Crippen molar-refractivity contribution in [3.63, 3.8) is 0 Å². The van der Waals surface area contributed by atoms with E-state index in [9.17, 15) is 13.2 Å². The van der Waals surface area contributed by atoms with Crippen LogP contribution in [0.25, 0.3) is 11.0 Å². The van der Waals surface area contributed by atoms with Crippen LogP contribution in [0.4, 0.5) is 24.8 Å². The van der Waals surface area contributed by atoms with E-state index in [1.807, 2.05) is 71.3 Å². The fourth-order valence-electron chi connectivity index (χ4n) is 4.94. The van der Waals surface area contributed by atoms with Crippen LogP contribution in [0.5, 0.6) is 11.5 Å². The van der Waals surface area contributed by atoms with Crippen molar-refractivity contribution in [1.82, 2.24) is 9.55 Å². The van der Waals surface area contributed by atoms with E-state index in [0.29, 0.717) is 34.2 Å². The van der Waals surface area contributed by atoms with Crippen LogP contribution in [0.2, 0.25) is 5.02 Å². The Bertz CT molecular complexity index is 1680. The van der Waals surface area contributed by atoms with Crippen LogP contribution in [-0.2, 0) is 6.54 Å². The standard InChI is InChI=1S/C20H20ClF3N4O2.C13H11N.7U/c21-16-11-13(25)12-17-18(16)26-19(27-7-1-2-8-27)28(17)9-10-29-14-3-5-15(6-4-14)30-20(22,23)24;14-13(11-7-3-1-4-8-11)12-9-5-2-6-10-12;;;;;;;/h3-6,11-12H,1-2,7-10,25H2;1-10,14H;;;;;;;. The largest absolute Gasteiger partial charge is 0.573 e. The van der Waals surface area contributed by atoms with Gasteiger partial charge in [-0.15, -0.1) is 13.2 Å². The molecule has 4 aromatic carbocycles. The third kappa shape index (κ3) is 18.0. The molecular weight excluding hydrogens is 2260 g/mol. The summed E-state index contributed by atoms with van der Waals surface area (Å²) in [5.74, 6) is 0.957. The molecule has 0 saturated carbocycles. The molecule has 1 aromatic heterocycles. The van der Waals surface area contributed by atoms with Gasteiger partial charge in [0.1, 0.15) is 23.6 Å². The number of hydrogen-bond donors (Lipinski definition) is 2. The van der Waals surface area contributed by atoms with E-state index in [1.165, 1.54) is 24.3 Å².